The van der Waals surface area contributed by atoms with Gasteiger partial charge in [-0.2, -0.15) is 0 Å². The lowest BCUT2D eigenvalue weighted by Gasteiger charge is -2.21. The van der Waals surface area contributed by atoms with Crippen LogP contribution in [0.25, 0.3) is 0 Å². The molecule has 0 amide bonds. The number of aromatic nitrogens is 1. The third kappa shape index (κ3) is 6.50. The molecule has 3 rings (SSSR count). The van der Waals surface area contributed by atoms with Crippen molar-refractivity contribution in [3.63, 3.8) is 0 Å². The van der Waals surface area contributed by atoms with Crippen molar-refractivity contribution in [1.82, 2.24) is 5.16 Å². The minimum atomic E-state index is -0.897. The van der Waals surface area contributed by atoms with Crippen molar-refractivity contribution < 1.29 is 24.0 Å². The van der Waals surface area contributed by atoms with Gasteiger partial charge in [0, 0.05) is 24.9 Å². The Balaban J connectivity index is 1.65. The van der Waals surface area contributed by atoms with Gasteiger partial charge in [-0.15, -0.1) is 0 Å². The highest BCUT2D eigenvalue weighted by Crippen LogP contribution is 2.40. The quantitative estimate of drug-likeness (QED) is 0.435. The van der Waals surface area contributed by atoms with Gasteiger partial charge in [0.05, 0.1) is 24.3 Å². The summed E-state index contributed by atoms with van der Waals surface area (Å²) in [5.41, 5.74) is 2.18. The molecule has 0 radical (unpaired) electrons. The van der Waals surface area contributed by atoms with Crippen LogP contribution in [0.15, 0.2) is 34.9 Å². The van der Waals surface area contributed by atoms with E-state index in [1.165, 1.54) is 0 Å². The Bertz CT molecular complexity index is 858. The van der Waals surface area contributed by atoms with Gasteiger partial charge in [0.25, 0.3) is 0 Å². The molecule has 6 heteroatoms. The number of carbonyl (C=O) groups is 2. The second-order valence-corrected chi connectivity index (χ2v) is 8.91. The Kier molecular flexibility index (Phi) is 8.41. The predicted molar refractivity (Wildman–Crippen MR) is 117 cm³/mol. The molecule has 1 aromatic carbocycles. The Morgan fingerprint density at radius 3 is 2.74 bits per heavy atom. The first-order valence-electron chi connectivity index (χ1n) is 11.3. The SMILES string of the molecule is CC(C)CC[C@H]1CCC(=O)c2c(C(CCCOCc3ccccc3)CC(=O)O)noc21. The van der Waals surface area contributed by atoms with Gasteiger partial charge in [-0.25, -0.2) is 0 Å². The van der Waals surface area contributed by atoms with Crippen molar-refractivity contribution >= 4 is 11.8 Å². The van der Waals surface area contributed by atoms with Crippen LogP contribution in [0.2, 0.25) is 0 Å². The minimum Gasteiger partial charge on any atom is -0.481 e. The third-order valence-corrected chi connectivity index (χ3v) is 5.97. The molecule has 0 spiro atoms. The Morgan fingerprint density at radius 1 is 1.26 bits per heavy atom. The molecule has 168 valence electrons. The summed E-state index contributed by atoms with van der Waals surface area (Å²) in [6, 6.07) is 9.93. The topological polar surface area (TPSA) is 89.6 Å². The average Bonchev–Trinajstić information content (AvgIpc) is 3.19. The highest BCUT2D eigenvalue weighted by molar-refractivity contribution is 5.99. The van der Waals surface area contributed by atoms with E-state index in [1.807, 2.05) is 30.3 Å². The van der Waals surface area contributed by atoms with Crippen LogP contribution in [0.5, 0.6) is 0 Å². The number of benzene rings is 1. The number of carboxylic acids is 1. The van der Waals surface area contributed by atoms with Gasteiger partial charge in [-0.05, 0) is 37.2 Å². The van der Waals surface area contributed by atoms with Gasteiger partial charge in [0.15, 0.2) is 11.5 Å². The summed E-state index contributed by atoms with van der Waals surface area (Å²) in [6.07, 6.45) is 4.49. The van der Waals surface area contributed by atoms with Crippen LogP contribution in [-0.2, 0) is 16.1 Å². The first-order chi connectivity index (χ1) is 15.0. The average molecular weight is 428 g/mol. The van der Waals surface area contributed by atoms with Crippen molar-refractivity contribution in [1.29, 1.82) is 0 Å². The number of carboxylic acid groups (broad SMARTS) is 1. The number of fused-ring (bicyclic) bond motifs is 1. The van der Waals surface area contributed by atoms with Gasteiger partial charge >= 0.3 is 5.97 Å². The van der Waals surface area contributed by atoms with E-state index >= 15 is 0 Å². The van der Waals surface area contributed by atoms with E-state index in [1.54, 1.807) is 0 Å². The van der Waals surface area contributed by atoms with E-state index in [2.05, 4.69) is 19.0 Å². The van der Waals surface area contributed by atoms with Gasteiger partial charge in [0.1, 0.15) is 0 Å². The molecule has 2 aromatic rings. The van der Waals surface area contributed by atoms with Crippen LogP contribution in [0.1, 0.15) is 98.0 Å². The fraction of sp³-hybridized carbons (Fsp3) is 0.560. The van der Waals surface area contributed by atoms with E-state index in [0.717, 1.165) is 24.8 Å². The normalized spacial score (nSPS) is 17.0. The van der Waals surface area contributed by atoms with Crippen molar-refractivity contribution in [3.8, 4) is 0 Å². The zero-order chi connectivity index (χ0) is 22.2. The van der Waals surface area contributed by atoms with Crippen molar-refractivity contribution in [2.24, 2.45) is 5.92 Å². The number of ketones is 1. The van der Waals surface area contributed by atoms with Gasteiger partial charge in [-0.3, -0.25) is 9.59 Å². The van der Waals surface area contributed by atoms with Crippen LogP contribution in [-0.4, -0.2) is 28.6 Å². The van der Waals surface area contributed by atoms with Gasteiger partial charge in [0.2, 0.25) is 0 Å². The van der Waals surface area contributed by atoms with Crippen molar-refractivity contribution in [2.45, 2.75) is 77.2 Å². The Hall–Kier alpha value is -2.47. The number of carbonyl (C=O) groups excluding carboxylic acids is 1. The molecule has 0 saturated carbocycles. The molecule has 0 fully saturated rings. The first-order valence-corrected chi connectivity index (χ1v) is 11.3. The number of hydrogen-bond acceptors (Lipinski definition) is 5. The first kappa shape index (κ1) is 23.2. The van der Waals surface area contributed by atoms with E-state index in [0.29, 0.717) is 55.4 Å². The van der Waals surface area contributed by atoms with Crippen molar-refractivity contribution in [2.75, 3.05) is 6.61 Å². The predicted octanol–water partition coefficient (Wildman–Crippen LogP) is 5.73. The maximum Gasteiger partial charge on any atom is 0.304 e. The van der Waals surface area contributed by atoms with Crippen LogP contribution in [0.4, 0.5) is 0 Å². The summed E-state index contributed by atoms with van der Waals surface area (Å²) in [6.45, 7) is 5.42. The lowest BCUT2D eigenvalue weighted by molar-refractivity contribution is -0.137. The highest BCUT2D eigenvalue weighted by Gasteiger charge is 2.35. The molecule has 1 heterocycles. The molecule has 0 bridgehead atoms. The summed E-state index contributed by atoms with van der Waals surface area (Å²) in [4.78, 5) is 24.2. The van der Waals surface area contributed by atoms with Gasteiger partial charge in [-0.1, -0.05) is 55.8 Å². The smallest absolute Gasteiger partial charge is 0.304 e. The molecular formula is C25H33NO5. The second-order valence-electron chi connectivity index (χ2n) is 8.91. The molecule has 2 atom stereocenters. The second kappa shape index (κ2) is 11.2. The van der Waals surface area contributed by atoms with Crippen LogP contribution in [0, 0.1) is 5.92 Å². The maximum atomic E-state index is 12.7. The van der Waals surface area contributed by atoms with E-state index in [-0.39, 0.29) is 24.0 Å². The standard InChI is InChI=1S/C25H33NO5/c1-17(2)10-11-19-12-13-21(27)23-24(26-31-25(19)23)20(15-22(28)29)9-6-14-30-16-18-7-4-3-5-8-18/h3-5,7-8,17,19-20H,6,9-16H2,1-2H3,(H,28,29)/t19-,20?/m0/s1. The molecule has 1 aromatic heterocycles. The van der Waals surface area contributed by atoms with Crippen molar-refractivity contribution in [3.05, 3.63) is 52.9 Å². The number of Topliss-reactive ketones (excluding diaryl/α,β-unsaturated/α-hetero) is 1. The molecule has 6 nitrogen and oxygen atoms in total. The lowest BCUT2D eigenvalue weighted by Crippen LogP contribution is -2.18. The summed E-state index contributed by atoms with van der Waals surface area (Å²) in [5.74, 6) is 0.227. The fourth-order valence-electron chi connectivity index (χ4n) is 4.27. The monoisotopic (exact) mass is 427 g/mol. The molecule has 1 N–H and O–H groups in total. The Morgan fingerprint density at radius 2 is 2.03 bits per heavy atom. The van der Waals surface area contributed by atoms with Crippen LogP contribution >= 0.6 is 0 Å². The molecule has 31 heavy (non-hydrogen) atoms. The lowest BCUT2D eigenvalue weighted by atomic mass is 9.80. The molecule has 0 aliphatic heterocycles. The zero-order valence-corrected chi connectivity index (χ0v) is 18.5. The molecule has 1 unspecified atom stereocenters. The molecular weight excluding hydrogens is 394 g/mol. The van der Waals surface area contributed by atoms with Crippen LogP contribution < -0.4 is 0 Å². The zero-order valence-electron chi connectivity index (χ0n) is 18.5. The number of hydrogen-bond donors (Lipinski definition) is 1. The van der Waals surface area contributed by atoms with E-state index < -0.39 is 5.97 Å². The maximum absolute atomic E-state index is 12.7. The number of rotatable bonds is 12. The van der Waals surface area contributed by atoms with Gasteiger partial charge < -0.3 is 14.4 Å². The summed E-state index contributed by atoms with van der Waals surface area (Å²) < 4.78 is 11.4. The highest BCUT2D eigenvalue weighted by atomic mass is 16.5. The largest absolute Gasteiger partial charge is 0.481 e. The number of nitrogens with zero attached hydrogens (tertiary/aromatic N) is 1. The van der Waals surface area contributed by atoms with Crippen LogP contribution in [0.3, 0.4) is 0 Å². The summed E-state index contributed by atoms with van der Waals surface area (Å²) in [7, 11) is 0. The summed E-state index contributed by atoms with van der Waals surface area (Å²) in [5, 5.41) is 13.7. The van der Waals surface area contributed by atoms with E-state index in [9.17, 15) is 14.7 Å². The Labute approximate surface area is 184 Å². The van der Waals surface area contributed by atoms with E-state index in [4.69, 9.17) is 9.26 Å². The summed E-state index contributed by atoms with van der Waals surface area (Å²) >= 11 is 0. The minimum absolute atomic E-state index is 0.0303. The number of ether oxygens (including phenoxy) is 1. The third-order valence-electron chi connectivity index (χ3n) is 5.97. The molecule has 0 saturated heterocycles. The molecule has 1 aliphatic rings. The number of aliphatic carboxylic acids is 1. The molecule has 1 aliphatic carbocycles. The fourth-order valence-corrected chi connectivity index (χ4v) is 4.27.